The molecule has 0 bridgehead atoms. The molecular formula is C28H35N3O. The summed E-state index contributed by atoms with van der Waals surface area (Å²) in [6, 6.07) is 18.7. The van der Waals surface area contributed by atoms with E-state index < -0.39 is 0 Å². The van der Waals surface area contributed by atoms with Crippen molar-refractivity contribution in [2.24, 2.45) is 0 Å². The van der Waals surface area contributed by atoms with Crippen LogP contribution in [0.5, 0.6) is 0 Å². The van der Waals surface area contributed by atoms with Crippen LogP contribution < -0.4 is 10.2 Å². The summed E-state index contributed by atoms with van der Waals surface area (Å²) < 4.78 is 0. The third kappa shape index (κ3) is 5.48. The molecule has 0 radical (unpaired) electrons. The summed E-state index contributed by atoms with van der Waals surface area (Å²) >= 11 is 0. The van der Waals surface area contributed by atoms with Gasteiger partial charge in [-0.05, 0) is 24.5 Å². The van der Waals surface area contributed by atoms with Gasteiger partial charge in [0.05, 0.1) is 11.2 Å². The van der Waals surface area contributed by atoms with Crippen LogP contribution in [0.4, 0.5) is 11.5 Å². The quantitative estimate of drug-likeness (QED) is 0.338. The highest BCUT2D eigenvalue weighted by atomic mass is 16.1. The van der Waals surface area contributed by atoms with Gasteiger partial charge in [0.15, 0.2) is 0 Å². The molecule has 1 aliphatic heterocycles. The Hall–Kier alpha value is -2.88. The molecule has 0 aliphatic carbocycles. The molecule has 0 fully saturated rings. The second-order valence-corrected chi connectivity index (χ2v) is 8.88. The predicted molar refractivity (Wildman–Crippen MR) is 134 cm³/mol. The number of carbonyl (C=O) groups is 1. The van der Waals surface area contributed by atoms with E-state index in [-0.39, 0.29) is 5.91 Å². The average molecular weight is 430 g/mol. The second kappa shape index (κ2) is 11.1. The molecule has 1 aliphatic rings. The molecule has 0 saturated heterocycles. The van der Waals surface area contributed by atoms with E-state index in [9.17, 15) is 4.79 Å². The topological polar surface area (TPSA) is 45.2 Å². The fourth-order valence-corrected chi connectivity index (χ4v) is 4.63. The standard InChI is InChI=1S/C28H35N3O/c1-2-3-4-5-6-7-11-18-26(32)30-27-23-16-12-13-17-25(23)29-28-24(27)19-20-31(28)21-22-14-9-8-10-15-22/h8-10,12-17H,2-7,11,18-21H2,1H3,(H,29,30,32). The predicted octanol–water partition coefficient (Wildman–Crippen LogP) is 6.88. The normalized spacial score (nSPS) is 12.8. The number of para-hydroxylation sites is 1. The van der Waals surface area contributed by atoms with Gasteiger partial charge in [0.2, 0.25) is 5.91 Å². The monoisotopic (exact) mass is 429 g/mol. The molecule has 0 unspecified atom stereocenters. The lowest BCUT2D eigenvalue weighted by atomic mass is 10.1. The smallest absolute Gasteiger partial charge is 0.224 e. The summed E-state index contributed by atoms with van der Waals surface area (Å²) in [6.45, 7) is 4.00. The molecule has 168 valence electrons. The molecule has 1 amide bonds. The number of benzene rings is 2. The Bertz CT molecular complexity index is 1030. The molecular weight excluding hydrogens is 394 g/mol. The maximum absolute atomic E-state index is 12.8. The fourth-order valence-electron chi connectivity index (χ4n) is 4.63. The summed E-state index contributed by atoms with van der Waals surface area (Å²) in [5, 5.41) is 4.32. The van der Waals surface area contributed by atoms with Gasteiger partial charge in [-0.15, -0.1) is 0 Å². The Labute approximate surface area is 192 Å². The number of carbonyl (C=O) groups excluding carboxylic acids is 1. The number of hydrogen-bond donors (Lipinski definition) is 1. The molecule has 4 nitrogen and oxygen atoms in total. The molecule has 1 aromatic heterocycles. The van der Waals surface area contributed by atoms with E-state index in [0.29, 0.717) is 6.42 Å². The number of rotatable bonds is 11. The zero-order valence-electron chi connectivity index (χ0n) is 19.3. The number of anilines is 2. The van der Waals surface area contributed by atoms with Crippen LogP contribution >= 0.6 is 0 Å². The fraction of sp³-hybridized carbons (Fsp3) is 0.429. The Kier molecular flexibility index (Phi) is 7.76. The Morgan fingerprint density at radius 3 is 2.47 bits per heavy atom. The number of fused-ring (bicyclic) bond motifs is 2. The first kappa shape index (κ1) is 22.3. The number of nitrogens with one attached hydrogen (secondary N) is 1. The average Bonchev–Trinajstić information content (AvgIpc) is 3.21. The second-order valence-electron chi connectivity index (χ2n) is 8.88. The highest BCUT2D eigenvalue weighted by molar-refractivity contribution is 6.04. The molecule has 3 aromatic rings. The van der Waals surface area contributed by atoms with Gasteiger partial charge in [0, 0.05) is 30.5 Å². The van der Waals surface area contributed by atoms with Gasteiger partial charge < -0.3 is 10.2 Å². The van der Waals surface area contributed by atoms with E-state index in [1.165, 1.54) is 43.2 Å². The maximum Gasteiger partial charge on any atom is 0.224 e. The summed E-state index contributed by atoms with van der Waals surface area (Å²) in [6.07, 6.45) is 10.0. The third-order valence-corrected chi connectivity index (χ3v) is 6.39. The van der Waals surface area contributed by atoms with Crippen LogP contribution in [0.25, 0.3) is 10.9 Å². The molecule has 0 saturated carbocycles. The van der Waals surface area contributed by atoms with Crippen LogP contribution in [0.3, 0.4) is 0 Å². The van der Waals surface area contributed by atoms with Crippen molar-refractivity contribution < 1.29 is 4.79 Å². The first-order chi connectivity index (χ1) is 15.8. The van der Waals surface area contributed by atoms with Gasteiger partial charge in [-0.25, -0.2) is 4.98 Å². The first-order valence-corrected chi connectivity index (χ1v) is 12.3. The van der Waals surface area contributed by atoms with Crippen LogP contribution in [0, 0.1) is 0 Å². The lowest BCUT2D eigenvalue weighted by Gasteiger charge is -2.20. The van der Waals surface area contributed by atoms with Crippen molar-refractivity contribution >= 4 is 28.3 Å². The van der Waals surface area contributed by atoms with Gasteiger partial charge in [-0.3, -0.25) is 4.79 Å². The minimum absolute atomic E-state index is 0.124. The first-order valence-electron chi connectivity index (χ1n) is 12.3. The number of nitrogens with zero attached hydrogens (tertiary/aromatic N) is 2. The van der Waals surface area contributed by atoms with E-state index >= 15 is 0 Å². The number of hydrogen-bond acceptors (Lipinski definition) is 3. The largest absolute Gasteiger partial charge is 0.352 e. The van der Waals surface area contributed by atoms with Gasteiger partial charge in [-0.1, -0.05) is 94.0 Å². The molecule has 1 N–H and O–H groups in total. The lowest BCUT2D eigenvalue weighted by Crippen LogP contribution is -2.20. The van der Waals surface area contributed by atoms with E-state index in [4.69, 9.17) is 4.98 Å². The van der Waals surface area contributed by atoms with Crippen molar-refractivity contribution in [1.29, 1.82) is 0 Å². The molecule has 32 heavy (non-hydrogen) atoms. The lowest BCUT2D eigenvalue weighted by molar-refractivity contribution is -0.116. The van der Waals surface area contributed by atoms with Crippen molar-refractivity contribution in [3.05, 3.63) is 65.7 Å². The Morgan fingerprint density at radius 1 is 0.938 bits per heavy atom. The molecule has 4 rings (SSSR count). The summed E-state index contributed by atoms with van der Waals surface area (Å²) in [5.41, 5.74) is 4.36. The number of aromatic nitrogens is 1. The molecule has 0 atom stereocenters. The maximum atomic E-state index is 12.8. The van der Waals surface area contributed by atoms with Crippen molar-refractivity contribution in [2.75, 3.05) is 16.8 Å². The van der Waals surface area contributed by atoms with Gasteiger partial charge in [0.1, 0.15) is 5.82 Å². The van der Waals surface area contributed by atoms with E-state index in [1.54, 1.807) is 0 Å². The number of pyridine rings is 1. The number of amides is 1. The molecule has 2 aromatic carbocycles. The van der Waals surface area contributed by atoms with Crippen LogP contribution in [0.15, 0.2) is 54.6 Å². The van der Waals surface area contributed by atoms with Gasteiger partial charge in [-0.2, -0.15) is 0 Å². The highest BCUT2D eigenvalue weighted by Crippen LogP contribution is 2.38. The summed E-state index contributed by atoms with van der Waals surface area (Å²) in [4.78, 5) is 20.1. The van der Waals surface area contributed by atoms with Crippen molar-refractivity contribution in [2.45, 2.75) is 71.3 Å². The van der Waals surface area contributed by atoms with Crippen molar-refractivity contribution in [3.8, 4) is 0 Å². The SMILES string of the molecule is CCCCCCCCCC(=O)Nc1c2c(nc3ccccc13)N(Cc1ccccc1)CC2. The molecule has 4 heteroatoms. The zero-order chi connectivity index (χ0) is 22.2. The minimum atomic E-state index is 0.124. The van der Waals surface area contributed by atoms with E-state index in [1.807, 2.05) is 24.3 Å². The van der Waals surface area contributed by atoms with Crippen molar-refractivity contribution in [3.63, 3.8) is 0 Å². The molecule has 0 spiro atoms. The zero-order valence-corrected chi connectivity index (χ0v) is 19.3. The molecule has 2 heterocycles. The Morgan fingerprint density at radius 2 is 1.66 bits per heavy atom. The van der Waals surface area contributed by atoms with Gasteiger partial charge >= 0.3 is 0 Å². The third-order valence-electron chi connectivity index (χ3n) is 6.39. The highest BCUT2D eigenvalue weighted by Gasteiger charge is 2.26. The van der Waals surface area contributed by atoms with Crippen molar-refractivity contribution in [1.82, 2.24) is 4.98 Å². The number of unbranched alkanes of at least 4 members (excludes halogenated alkanes) is 6. The van der Waals surface area contributed by atoms with Crippen LogP contribution in [0.1, 0.15) is 69.4 Å². The van der Waals surface area contributed by atoms with Crippen LogP contribution in [0.2, 0.25) is 0 Å². The minimum Gasteiger partial charge on any atom is -0.352 e. The summed E-state index contributed by atoms with van der Waals surface area (Å²) in [5.74, 6) is 1.14. The Balaban J connectivity index is 1.46. The van der Waals surface area contributed by atoms with Gasteiger partial charge in [0.25, 0.3) is 0 Å². The van der Waals surface area contributed by atoms with Crippen LogP contribution in [-0.2, 0) is 17.8 Å². The van der Waals surface area contributed by atoms with E-state index in [2.05, 4.69) is 47.5 Å². The van der Waals surface area contributed by atoms with Crippen LogP contribution in [-0.4, -0.2) is 17.4 Å². The summed E-state index contributed by atoms with van der Waals surface area (Å²) in [7, 11) is 0. The van der Waals surface area contributed by atoms with E-state index in [0.717, 1.165) is 54.8 Å².